The van der Waals surface area contributed by atoms with Crippen LogP contribution < -0.4 is 4.74 Å². The highest BCUT2D eigenvalue weighted by atomic mass is 16.5. The maximum Gasteiger partial charge on any atom is 0.331 e. The first kappa shape index (κ1) is 15.9. The lowest BCUT2D eigenvalue weighted by atomic mass is 10.0. The lowest BCUT2D eigenvalue weighted by Crippen LogP contribution is -2.43. The van der Waals surface area contributed by atoms with Crippen molar-refractivity contribution in [2.75, 3.05) is 14.2 Å². The number of piperidine rings is 1. The Kier molecular flexibility index (Phi) is 4.57. The summed E-state index contributed by atoms with van der Waals surface area (Å²) >= 11 is 0. The van der Waals surface area contributed by atoms with Gasteiger partial charge in [-0.3, -0.25) is 0 Å². The second-order valence-corrected chi connectivity index (χ2v) is 6.35. The molecule has 3 rings (SSSR count). The van der Waals surface area contributed by atoms with Gasteiger partial charge in [0.05, 0.1) is 7.11 Å². The van der Waals surface area contributed by atoms with Gasteiger partial charge in [-0.15, -0.1) is 0 Å². The molecule has 0 aliphatic carbocycles. The largest absolute Gasteiger partial charge is 0.504 e. The van der Waals surface area contributed by atoms with Crippen LogP contribution in [0.25, 0.3) is 6.08 Å². The molecule has 0 amide bonds. The van der Waals surface area contributed by atoms with Crippen molar-refractivity contribution < 1.29 is 19.4 Å². The summed E-state index contributed by atoms with van der Waals surface area (Å²) in [7, 11) is 3.66. The molecule has 2 saturated heterocycles. The van der Waals surface area contributed by atoms with Crippen molar-refractivity contribution >= 4 is 12.0 Å². The van der Waals surface area contributed by atoms with E-state index < -0.39 is 0 Å². The molecular weight excluding hydrogens is 294 g/mol. The first-order valence-corrected chi connectivity index (χ1v) is 8.04. The molecule has 3 atom stereocenters. The third kappa shape index (κ3) is 3.50. The van der Waals surface area contributed by atoms with E-state index >= 15 is 0 Å². The van der Waals surface area contributed by atoms with Gasteiger partial charge in [-0.25, -0.2) is 4.79 Å². The molecule has 1 aromatic carbocycles. The van der Waals surface area contributed by atoms with Crippen LogP contribution in [0.15, 0.2) is 24.3 Å². The van der Waals surface area contributed by atoms with E-state index in [1.54, 1.807) is 24.3 Å². The minimum atomic E-state index is -0.325. The number of nitrogens with zero attached hydrogens (tertiary/aromatic N) is 1. The smallest absolute Gasteiger partial charge is 0.331 e. The summed E-state index contributed by atoms with van der Waals surface area (Å²) < 4.78 is 10.6. The summed E-state index contributed by atoms with van der Waals surface area (Å²) in [4.78, 5) is 14.4. The molecule has 124 valence electrons. The minimum Gasteiger partial charge on any atom is -0.504 e. The van der Waals surface area contributed by atoms with E-state index in [4.69, 9.17) is 9.47 Å². The zero-order valence-electron chi connectivity index (χ0n) is 13.6. The molecule has 2 aliphatic rings. The molecule has 0 radical (unpaired) electrons. The Bertz CT molecular complexity index is 599. The summed E-state index contributed by atoms with van der Waals surface area (Å²) in [5.74, 6) is 0.135. The number of methoxy groups -OCH3 is 1. The molecule has 5 nitrogen and oxygen atoms in total. The van der Waals surface area contributed by atoms with Gasteiger partial charge in [-0.2, -0.15) is 0 Å². The Morgan fingerprint density at radius 3 is 2.61 bits per heavy atom. The number of aromatic hydroxyl groups is 1. The van der Waals surface area contributed by atoms with Crippen LogP contribution in [0.3, 0.4) is 0 Å². The monoisotopic (exact) mass is 317 g/mol. The molecule has 0 saturated carbocycles. The van der Waals surface area contributed by atoms with Gasteiger partial charge >= 0.3 is 5.97 Å². The van der Waals surface area contributed by atoms with Crippen LogP contribution in [0.2, 0.25) is 0 Å². The van der Waals surface area contributed by atoms with Gasteiger partial charge in [0.2, 0.25) is 0 Å². The average molecular weight is 317 g/mol. The Hall–Kier alpha value is -2.01. The van der Waals surface area contributed by atoms with Crippen molar-refractivity contribution in [3.63, 3.8) is 0 Å². The van der Waals surface area contributed by atoms with Crippen LogP contribution in [-0.2, 0) is 9.53 Å². The van der Waals surface area contributed by atoms with Gasteiger partial charge in [0, 0.05) is 31.0 Å². The fourth-order valence-electron chi connectivity index (χ4n) is 3.64. The summed E-state index contributed by atoms with van der Waals surface area (Å²) in [6.07, 6.45) is 7.34. The maximum absolute atomic E-state index is 12.0. The molecule has 0 spiro atoms. The molecule has 2 heterocycles. The number of carbonyl (C=O) groups is 1. The SMILES string of the molecule is COc1ccc(C=CC(=O)OC2C[C@H]3CC[C@@H](C2)N3C)cc1O. The van der Waals surface area contributed by atoms with E-state index in [9.17, 15) is 9.90 Å². The highest BCUT2D eigenvalue weighted by Gasteiger charge is 2.39. The van der Waals surface area contributed by atoms with Crippen molar-refractivity contribution in [2.45, 2.75) is 43.9 Å². The van der Waals surface area contributed by atoms with Crippen LogP contribution in [0.1, 0.15) is 31.2 Å². The van der Waals surface area contributed by atoms with Crippen LogP contribution in [0.5, 0.6) is 11.5 Å². The average Bonchev–Trinajstić information content (AvgIpc) is 2.74. The van der Waals surface area contributed by atoms with Gasteiger partial charge in [0.25, 0.3) is 0 Å². The Morgan fingerprint density at radius 1 is 1.30 bits per heavy atom. The standard InChI is InChI=1S/C18H23NO4/c1-19-13-5-6-14(19)11-15(10-13)23-18(21)8-4-12-3-7-17(22-2)16(20)9-12/h3-4,7-9,13-15,20H,5-6,10-11H2,1-2H3/t13-,14+,15?. The van der Waals surface area contributed by atoms with Crippen molar-refractivity contribution in [1.82, 2.24) is 4.90 Å². The molecule has 23 heavy (non-hydrogen) atoms. The molecule has 1 N–H and O–H groups in total. The van der Waals surface area contributed by atoms with E-state index in [1.807, 2.05) is 0 Å². The van der Waals surface area contributed by atoms with E-state index in [-0.39, 0.29) is 17.8 Å². The highest BCUT2D eigenvalue weighted by molar-refractivity contribution is 5.87. The van der Waals surface area contributed by atoms with Crippen LogP contribution in [-0.4, -0.2) is 48.3 Å². The van der Waals surface area contributed by atoms with Crippen molar-refractivity contribution in [1.29, 1.82) is 0 Å². The topological polar surface area (TPSA) is 59.0 Å². The van der Waals surface area contributed by atoms with Gasteiger partial charge in [0.1, 0.15) is 6.10 Å². The van der Waals surface area contributed by atoms with E-state index in [0.29, 0.717) is 17.8 Å². The predicted molar refractivity (Wildman–Crippen MR) is 87.4 cm³/mol. The summed E-state index contributed by atoms with van der Waals surface area (Å²) in [6, 6.07) is 6.09. The van der Waals surface area contributed by atoms with Crippen molar-refractivity contribution in [3.8, 4) is 11.5 Å². The summed E-state index contributed by atoms with van der Waals surface area (Å²) in [5.41, 5.74) is 0.726. The molecular formula is C18H23NO4. The number of hydrogen-bond donors (Lipinski definition) is 1. The fourth-order valence-corrected chi connectivity index (χ4v) is 3.64. The van der Waals surface area contributed by atoms with Gasteiger partial charge in [0.15, 0.2) is 11.5 Å². The number of ether oxygens (including phenoxy) is 2. The Morgan fingerprint density at radius 2 is 2.00 bits per heavy atom. The zero-order chi connectivity index (χ0) is 16.4. The number of hydrogen-bond acceptors (Lipinski definition) is 5. The number of benzene rings is 1. The second-order valence-electron chi connectivity index (χ2n) is 6.35. The van der Waals surface area contributed by atoms with Gasteiger partial charge < -0.3 is 19.5 Å². The Balaban J connectivity index is 1.56. The molecule has 1 aromatic rings. The third-order valence-corrected chi connectivity index (χ3v) is 4.95. The summed E-state index contributed by atoms with van der Waals surface area (Å²) in [6.45, 7) is 0. The Labute approximate surface area is 136 Å². The van der Waals surface area contributed by atoms with E-state index in [1.165, 1.54) is 26.0 Å². The number of esters is 1. The first-order chi connectivity index (χ1) is 11.1. The molecule has 2 bridgehead atoms. The number of fused-ring (bicyclic) bond motifs is 2. The van der Waals surface area contributed by atoms with Crippen molar-refractivity contribution in [3.05, 3.63) is 29.8 Å². The number of phenolic OH excluding ortho intramolecular Hbond substituents is 1. The zero-order valence-corrected chi connectivity index (χ0v) is 13.6. The lowest BCUT2D eigenvalue weighted by molar-refractivity contribution is -0.146. The number of phenols is 1. The van der Waals surface area contributed by atoms with E-state index in [2.05, 4.69) is 11.9 Å². The normalized spacial score (nSPS) is 27.3. The first-order valence-electron chi connectivity index (χ1n) is 8.04. The number of carbonyl (C=O) groups excluding carboxylic acids is 1. The van der Waals surface area contributed by atoms with Gasteiger partial charge in [-0.05, 0) is 43.7 Å². The number of rotatable bonds is 4. The van der Waals surface area contributed by atoms with Crippen molar-refractivity contribution in [2.24, 2.45) is 0 Å². The van der Waals surface area contributed by atoms with Gasteiger partial charge in [-0.1, -0.05) is 6.07 Å². The fraction of sp³-hybridized carbons (Fsp3) is 0.500. The molecule has 2 fully saturated rings. The summed E-state index contributed by atoms with van der Waals surface area (Å²) in [5, 5.41) is 9.73. The van der Waals surface area contributed by atoms with Crippen LogP contribution in [0.4, 0.5) is 0 Å². The maximum atomic E-state index is 12.0. The van der Waals surface area contributed by atoms with Crippen LogP contribution >= 0.6 is 0 Å². The third-order valence-electron chi connectivity index (χ3n) is 4.95. The lowest BCUT2D eigenvalue weighted by Gasteiger charge is -2.35. The van der Waals surface area contributed by atoms with Crippen LogP contribution in [0, 0.1) is 0 Å². The minimum absolute atomic E-state index is 0.0186. The second kappa shape index (κ2) is 6.62. The van der Waals surface area contributed by atoms with E-state index in [0.717, 1.165) is 18.4 Å². The highest BCUT2D eigenvalue weighted by Crippen LogP contribution is 2.35. The molecule has 0 aromatic heterocycles. The molecule has 2 aliphatic heterocycles. The predicted octanol–water partition coefficient (Wildman–Crippen LogP) is 2.58. The quantitative estimate of drug-likeness (QED) is 0.683. The molecule has 5 heteroatoms. The molecule has 1 unspecified atom stereocenters.